The van der Waals surface area contributed by atoms with E-state index >= 15 is 0 Å². The molecule has 8 heteroatoms. The zero-order valence-corrected chi connectivity index (χ0v) is 26.4. The van der Waals surface area contributed by atoms with E-state index in [0.29, 0.717) is 6.42 Å². The molecule has 2 saturated carbocycles. The summed E-state index contributed by atoms with van der Waals surface area (Å²) in [6.45, 7) is 4.16. The average molecular weight is 606 g/mol. The lowest BCUT2D eigenvalue weighted by Gasteiger charge is -2.37. The third-order valence-corrected chi connectivity index (χ3v) is 10.9. The minimum atomic E-state index is -1.14. The minimum absolute atomic E-state index is 0.0909. The Labute approximate surface area is 260 Å². The largest absolute Gasteiger partial charge is 0.467 e. The van der Waals surface area contributed by atoms with Crippen molar-refractivity contribution in [1.29, 1.82) is 0 Å². The Morgan fingerprint density at radius 2 is 1.55 bits per heavy atom. The van der Waals surface area contributed by atoms with Crippen molar-refractivity contribution in [2.45, 2.75) is 139 Å². The number of hydrogen-bond acceptors (Lipinski definition) is 8. The second kappa shape index (κ2) is 12.1. The molecule has 0 bridgehead atoms. The molecule has 0 N–H and O–H groups in total. The summed E-state index contributed by atoms with van der Waals surface area (Å²) in [5.41, 5.74) is -0.108. The van der Waals surface area contributed by atoms with Gasteiger partial charge in [0.25, 0.3) is 0 Å². The fourth-order valence-electron chi connectivity index (χ4n) is 8.16. The monoisotopic (exact) mass is 605 g/mol. The summed E-state index contributed by atoms with van der Waals surface area (Å²) in [5, 5.41) is 2.29. The summed E-state index contributed by atoms with van der Waals surface area (Å²) < 4.78 is 39.0. The van der Waals surface area contributed by atoms with E-state index in [1.54, 1.807) is 6.21 Å². The van der Waals surface area contributed by atoms with Gasteiger partial charge in [0, 0.05) is 38.3 Å². The van der Waals surface area contributed by atoms with E-state index in [1.165, 1.54) is 20.0 Å². The molecule has 0 aromatic heterocycles. The van der Waals surface area contributed by atoms with Gasteiger partial charge in [-0.2, -0.15) is 0 Å². The van der Waals surface area contributed by atoms with Gasteiger partial charge in [0.2, 0.25) is 0 Å². The van der Waals surface area contributed by atoms with E-state index in [2.05, 4.69) is 44.2 Å². The SMILES string of the molecule is CC[C@H](C)[C@@](Cc1ccc2ccccc2c1)(N=C[C@H]1O[C@@H]2OC3(CCCCC3)O[C@@H]2[C@H]2OC3(CCCCC3)O[C@H]21)C(=O)OC. The molecule has 5 fully saturated rings. The summed E-state index contributed by atoms with van der Waals surface area (Å²) in [5.74, 6) is -1.70. The number of carbonyl (C=O) groups is 1. The maximum atomic E-state index is 13.8. The molecular formula is C36H47NO7. The van der Waals surface area contributed by atoms with Crippen molar-refractivity contribution in [3.8, 4) is 0 Å². The van der Waals surface area contributed by atoms with Gasteiger partial charge in [-0.05, 0) is 47.9 Å². The number of benzene rings is 2. The Balaban J connectivity index is 1.23. The molecule has 2 aromatic carbocycles. The summed E-state index contributed by atoms with van der Waals surface area (Å²) in [6.07, 6.45) is 10.8. The second-order valence-corrected chi connectivity index (χ2v) is 13.6. The number of carbonyl (C=O) groups excluding carboxylic acids is 1. The van der Waals surface area contributed by atoms with Crippen LogP contribution in [0, 0.1) is 5.92 Å². The average Bonchev–Trinajstić information content (AvgIpc) is 3.60. The molecule has 2 aliphatic carbocycles. The standard InChI is InChI=1S/C36H47NO7/c1-4-24(2)36(33(38)39-3,22-25-15-16-26-13-7-8-14-27(26)21-25)37-23-28-29-30(42-34(41-29)17-9-5-10-18-34)31-32(40-28)44-35(43-31)19-11-6-12-20-35/h7-8,13-16,21,23-24,28-32H,4-6,9-12,17-20,22H2,1-3H3/t24-,28+,29-,30-,31+,32+,36+/m0/s1. The molecular weight excluding hydrogens is 558 g/mol. The molecule has 2 spiro atoms. The van der Waals surface area contributed by atoms with Gasteiger partial charge in [0.15, 0.2) is 23.4 Å². The molecule has 0 amide bonds. The number of nitrogens with zero attached hydrogens (tertiary/aromatic N) is 1. The Morgan fingerprint density at radius 3 is 2.23 bits per heavy atom. The summed E-state index contributed by atoms with van der Waals surface area (Å²) in [7, 11) is 1.45. The third kappa shape index (κ3) is 5.41. The summed E-state index contributed by atoms with van der Waals surface area (Å²) >= 11 is 0. The van der Waals surface area contributed by atoms with E-state index < -0.39 is 35.6 Å². The number of rotatable bonds is 7. The van der Waals surface area contributed by atoms with E-state index in [-0.39, 0.29) is 24.1 Å². The minimum Gasteiger partial charge on any atom is -0.467 e. The first kappa shape index (κ1) is 30.3. The lowest BCUT2D eigenvalue weighted by atomic mass is 9.78. The van der Waals surface area contributed by atoms with Crippen molar-refractivity contribution < 1.29 is 33.2 Å². The molecule has 7 atom stereocenters. The van der Waals surface area contributed by atoms with Crippen LogP contribution in [0.5, 0.6) is 0 Å². The molecule has 3 heterocycles. The van der Waals surface area contributed by atoms with Crippen molar-refractivity contribution in [3.63, 3.8) is 0 Å². The first-order valence-electron chi connectivity index (χ1n) is 16.9. The van der Waals surface area contributed by atoms with Gasteiger partial charge in [0.05, 0.1) is 7.11 Å². The lowest BCUT2D eigenvalue weighted by molar-refractivity contribution is -0.240. The van der Waals surface area contributed by atoms with E-state index in [9.17, 15) is 4.79 Å². The molecule has 5 aliphatic rings. The number of fused-ring (bicyclic) bond motifs is 4. The molecule has 3 saturated heterocycles. The van der Waals surface area contributed by atoms with Gasteiger partial charge in [-0.15, -0.1) is 0 Å². The van der Waals surface area contributed by atoms with Crippen molar-refractivity contribution in [1.82, 2.24) is 0 Å². The van der Waals surface area contributed by atoms with Gasteiger partial charge < -0.3 is 28.4 Å². The van der Waals surface area contributed by atoms with Crippen LogP contribution in [-0.4, -0.2) is 67.1 Å². The quantitative estimate of drug-likeness (QED) is 0.258. The maximum Gasteiger partial charge on any atom is 0.334 e. The van der Waals surface area contributed by atoms with E-state index in [1.807, 2.05) is 12.1 Å². The molecule has 238 valence electrons. The molecule has 2 aromatic rings. The molecule has 3 aliphatic heterocycles. The fraction of sp³-hybridized carbons (Fsp3) is 0.667. The van der Waals surface area contributed by atoms with Crippen LogP contribution < -0.4 is 0 Å². The van der Waals surface area contributed by atoms with Crippen LogP contribution >= 0.6 is 0 Å². The molecule has 7 rings (SSSR count). The third-order valence-electron chi connectivity index (χ3n) is 10.9. The second-order valence-electron chi connectivity index (χ2n) is 13.6. The smallest absolute Gasteiger partial charge is 0.334 e. The Bertz CT molecular complexity index is 1370. The van der Waals surface area contributed by atoms with Crippen molar-refractivity contribution >= 4 is 23.0 Å². The Hall–Kier alpha value is -2.36. The van der Waals surface area contributed by atoms with Crippen LogP contribution in [0.3, 0.4) is 0 Å². The zero-order valence-electron chi connectivity index (χ0n) is 26.4. The Kier molecular flexibility index (Phi) is 8.33. The van der Waals surface area contributed by atoms with Crippen LogP contribution in [0.25, 0.3) is 10.8 Å². The molecule has 8 nitrogen and oxygen atoms in total. The first-order valence-corrected chi connectivity index (χ1v) is 16.9. The van der Waals surface area contributed by atoms with Gasteiger partial charge in [-0.25, -0.2) is 4.79 Å². The highest BCUT2D eigenvalue weighted by Crippen LogP contribution is 2.51. The summed E-state index contributed by atoms with van der Waals surface area (Å²) in [4.78, 5) is 18.9. The highest BCUT2D eigenvalue weighted by Gasteiger charge is 2.64. The maximum absolute atomic E-state index is 13.8. The predicted molar refractivity (Wildman–Crippen MR) is 166 cm³/mol. The predicted octanol–water partition coefficient (Wildman–Crippen LogP) is 6.66. The first-order chi connectivity index (χ1) is 21.4. The van der Waals surface area contributed by atoms with Gasteiger partial charge in [0.1, 0.15) is 24.4 Å². The highest BCUT2D eigenvalue weighted by molar-refractivity contribution is 5.86. The van der Waals surface area contributed by atoms with Crippen molar-refractivity contribution in [2.75, 3.05) is 7.11 Å². The fourth-order valence-corrected chi connectivity index (χ4v) is 8.16. The van der Waals surface area contributed by atoms with E-state index in [4.69, 9.17) is 33.4 Å². The number of methoxy groups -OCH3 is 1. The number of esters is 1. The number of ether oxygens (including phenoxy) is 6. The van der Waals surface area contributed by atoms with Crippen LogP contribution in [-0.2, 0) is 39.6 Å². The zero-order chi connectivity index (χ0) is 30.4. The van der Waals surface area contributed by atoms with Gasteiger partial charge >= 0.3 is 5.97 Å². The van der Waals surface area contributed by atoms with Gasteiger partial charge in [-0.3, -0.25) is 4.99 Å². The van der Waals surface area contributed by atoms with Crippen LogP contribution in [0.2, 0.25) is 0 Å². The lowest BCUT2D eigenvalue weighted by Crippen LogP contribution is -2.56. The Morgan fingerprint density at radius 1 is 0.909 bits per heavy atom. The topological polar surface area (TPSA) is 84.8 Å². The number of hydrogen-bond donors (Lipinski definition) is 0. The normalized spacial score (nSPS) is 32.8. The van der Waals surface area contributed by atoms with Crippen molar-refractivity contribution in [2.24, 2.45) is 10.9 Å². The molecule has 0 unspecified atom stereocenters. The van der Waals surface area contributed by atoms with Gasteiger partial charge in [-0.1, -0.05) is 75.6 Å². The molecule has 0 radical (unpaired) electrons. The van der Waals surface area contributed by atoms with E-state index in [0.717, 1.165) is 74.1 Å². The van der Waals surface area contributed by atoms with Crippen LogP contribution in [0.4, 0.5) is 0 Å². The number of aliphatic imine (C=N–C) groups is 1. The van der Waals surface area contributed by atoms with Crippen molar-refractivity contribution in [3.05, 3.63) is 48.0 Å². The highest BCUT2D eigenvalue weighted by atomic mass is 16.9. The van der Waals surface area contributed by atoms with Crippen LogP contribution in [0.15, 0.2) is 47.5 Å². The summed E-state index contributed by atoms with van der Waals surface area (Å²) in [6, 6.07) is 14.6. The van der Waals surface area contributed by atoms with Crippen LogP contribution in [0.1, 0.15) is 90.0 Å². The molecule has 44 heavy (non-hydrogen) atoms.